The van der Waals surface area contributed by atoms with Gasteiger partial charge in [-0.05, 0) is 37.6 Å². The highest BCUT2D eigenvalue weighted by molar-refractivity contribution is 5.86. The summed E-state index contributed by atoms with van der Waals surface area (Å²) >= 11 is 0. The molecule has 3 N–H and O–H groups in total. The Morgan fingerprint density at radius 1 is 1.21 bits per heavy atom. The van der Waals surface area contributed by atoms with Gasteiger partial charge in [-0.2, -0.15) is 0 Å². The fourth-order valence-corrected chi connectivity index (χ4v) is 2.68. The Bertz CT molecular complexity index is 824. The minimum Gasteiger partial charge on any atom is -0.496 e. The summed E-state index contributed by atoms with van der Waals surface area (Å²) in [6.45, 7) is 3.29. The molecule has 2 aromatic carbocycles. The van der Waals surface area contributed by atoms with Gasteiger partial charge in [0.05, 0.1) is 18.8 Å². The van der Waals surface area contributed by atoms with Crippen LogP contribution in [0.2, 0.25) is 0 Å². The van der Waals surface area contributed by atoms with Gasteiger partial charge in [0.25, 0.3) is 0 Å². The van der Waals surface area contributed by atoms with Gasteiger partial charge in [-0.3, -0.25) is 0 Å². The lowest BCUT2D eigenvalue weighted by Crippen LogP contribution is -2.39. The van der Waals surface area contributed by atoms with Gasteiger partial charge in [0.2, 0.25) is 0 Å². The lowest BCUT2D eigenvalue weighted by atomic mass is 9.89. The molecule has 0 saturated heterocycles. The van der Waals surface area contributed by atoms with E-state index in [-0.39, 0.29) is 13.0 Å². The second kappa shape index (κ2) is 9.39. The van der Waals surface area contributed by atoms with Crippen LogP contribution in [0.5, 0.6) is 11.5 Å². The van der Waals surface area contributed by atoms with Crippen LogP contribution in [0, 0.1) is 0 Å². The lowest BCUT2D eigenvalue weighted by Gasteiger charge is -2.28. The fourth-order valence-electron chi connectivity index (χ4n) is 2.68. The molecule has 6 nitrogen and oxygen atoms in total. The molecule has 2 rings (SSSR count). The average molecular weight is 386 g/mol. The number of carboxylic acids is 1. The van der Waals surface area contributed by atoms with Crippen molar-refractivity contribution in [1.29, 1.82) is 0 Å². The number of aliphatic hydroxyl groups is 2. The topological polar surface area (TPSA) is 96.2 Å². The van der Waals surface area contributed by atoms with E-state index in [0.29, 0.717) is 22.6 Å². The van der Waals surface area contributed by atoms with Crippen LogP contribution in [0.1, 0.15) is 30.5 Å². The van der Waals surface area contributed by atoms with Crippen molar-refractivity contribution in [2.45, 2.75) is 38.6 Å². The smallest absolute Gasteiger partial charge is 0.328 e. The molecule has 0 spiro atoms. The summed E-state index contributed by atoms with van der Waals surface area (Å²) in [5.41, 5.74) is 0.604. The number of aliphatic hydroxyl groups excluding tert-OH is 1. The maximum absolute atomic E-state index is 11.0. The zero-order valence-corrected chi connectivity index (χ0v) is 16.3. The highest BCUT2D eigenvalue weighted by atomic mass is 16.5. The number of rotatable bonds is 9. The second-order valence-electron chi connectivity index (χ2n) is 6.82. The monoisotopic (exact) mass is 386 g/mol. The number of aliphatic carboxylic acids is 1. The molecule has 0 radical (unpaired) electrons. The van der Waals surface area contributed by atoms with Gasteiger partial charge in [0, 0.05) is 23.6 Å². The summed E-state index contributed by atoms with van der Waals surface area (Å²) in [4.78, 5) is 11.0. The predicted molar refractivity (Wildman–Crippen MR) is 106 cm³/mol. The second-order valence-corrected chi connectivity index (χ2v) is 6.82. The summed E-state index contributed by atoms with van der Waals surface area (Å²) in [7, 11) is 1.50. The molecule has 6 heteroatoms. The lowest BCUT2D eigenvalue weighted by molar-refractivity contribution is -0.131. The third-order valence-corrected chi connectivity index (χ3v) is 4.53. The normalized spacial score (nSPS) is 14.5. The van der Waals surface area contributed by atoms with Gasteiger partial charge >= 0.3 is 5.97 Å². The van der Waals surface area contributed by atoms with Gasteiger partial charge < -0.3 is 24.8 Å². The molecule has 2 atom stereocenters. The molecule has 0 aliphatic rings. The van der Waals surface area contributed by atoms with Crippen molar-refractivity contribution in [3.05, 3.63) is 65.2 Å². The van der Waals surface area contributed by atoms with E-state index >= 15 is 0 Å². The van der Waals surface area contributed by atoms with Crippen LogP contribution < -0.4 is 9.47 Å². The summed E-state index contributed by atoms with van der Waals surface area (Å²) < 4.78 is 11.5. The Labute approximate surface area is 164 Å². The van der Waals surface area contributed by atoms with Crippen LogP contribution in [0.15, 0.2) is 48.5 Å². The molecule has 0 bridgehead atoms. The van der Waals surface area contributed by atoms with Crippen molar-refractivity contribution < 1.29 is 29.6 Å². The predicted octanol–water partition coefficient (Wildman–Crippen LogP) is 3.05. The molecule has 0 saturated carbocycles. The summed E-state index contributed by atoms with van der Waals surface area (Å²) in [5.74, 6) is -0.194. The third-order valence-electron chi connectivity index (χ3n) is 4.53. The number of benzene rings is 2. The van der Waals surface area contributed by atoms with Crippen molar-refractivity contribution in [1.82, 2.24) is 0 Å². The maximum Gasteiger partial charge on any atom is 0.328 e. The van der Waals surface area contributed by atoms with E-state index in [0.717, 1.165) is 11.6 Å². The molecular formula is C22H26O6. The van der Waals surface area contributed by atoms with Crippen molar-refractivity contribution in [2.75, 3.05) is 7.11 Å². The first kappa shape index (κ1) is 21.5. The molecule has 28 heavy (non-hydrogen) atoms. The molecule has 0 fully saturated rings. The van der Waals surface area contributed by atoms with Gasteiger partial charge in [0.1, 0.15) is 18.1 Å². The minimum absolute atomic E-state index is 0.0622. The number of carboxylic acid groups (broad SMARTS) is 1. The van der Waals surface area contributed by atoms with E-state index in [1.807, 2.05) is 30.3 Å². The summed E-state index contributed by atoms with van der Waals surface area (Å²) in [5, 5.41) is 29.5. The molecular weight excluding hydrogens is 360 g/mol. The molecule has 150 valence electrons. The first-order chi connectivity index (χ1) is 13.2. The molecule has 0 amide bonds. The zero-order valence-electron chi connectivity index (χ0n) is 16.3. The van der Waals surface area contributed by atoms with E-state index in [1.165, 1.54) is 27.0 Å². The highest BCUT2D eigenvalue weighted by Crippen LogP contribution is 2.37. The number of methoxy groups -OCH3 is 1. The van der Waals surface area contributed by atoms with Crippen LogP contribution in [0.3, 0.4) is 0 Å². The van der Waals surface area contributed by atoms with Gasteiger partial charge in [0.15, 0.2) is 0 Å². The van der Waals surface area contributed by atoms with Crippen LogP contribution in [0.25, 0.3) is 6.08 Å². The first-order valence-corrected chi connectivity index (χ1v) is 8.92. The molecule has 2 unspecified atom stereocenters. The van der Waals surface area contributed by atoms with Crippen molar-refractivity contribution in [3.63, 3.8) is 0 Å². The SMILES string of the molecule is COc1ccc(/C=C\C(=O)O)c(OCc2ccccc2)c1CC(C)(O)C(C)O. The van der Waals surface area contributed by atoms with Crippen molar-refractivity contribution >= 4 is 12.0 Å². The van der Waals surface area contributed by atoms with Gasteiger partial charge in [-0.25, -0.2) is 4.79 Å². The van der Waals surface area contributed by atoms with E-state index in [4.69, 9.17) is 14.6 Å². The molecule has 0 aliphatic heterocycles. The summed E-state index contributed by atoms with van der Waals surface area (Å²) in [6, 6.07) is 12.9. The maximum atomic E-state index is 11.0. The quantitative estimate of drug-likeness (QED) is 0.573. The number of hydrogen-bond donors (Lipinski definition) is 3. The number of ether oxygens (including phenoxy) is 2. The Hall–Kier alpha value is -2.83. The van der Waals surface area contributed by atoms with Crippen LogP contribution >= 0.6 is 0 Å². The Kier molecular flexibility index (Phi) is 7.20. The van der Waals surface area contributed by atoms with Crippen LogP contribution in [-0.4, -0.2) is 40.1 Å². The van der Waals surface area contributed by atoms with Crippen LogP contribution in [-0.2, 0) is 17.8 Å². The Balaban J connectivity index is 2.51. The number of carbonyl (C=O) groups is 1. The Morgan fingerprint density at radius 2 is 1.89 bits per heavy atom. The van der Waals surface area contributed by atoms with E-state index in [1.54, 1.807) is 12.1 Å². The fraction of sp³-hybridized carbons (Fsp3) is 0.318. The standard InChI is InChI=1S/C22H26O6/c1-15(23)22(2,26)13-18-19(27-3)11-9-17(10-12-20(24)25)21(18)28-14-16-7-5-4-6-8-16/h4-12,15,23,26H,13-14H2,1-3H3,(H,24,25)/b12-10-. The first-order valence-electron chi connectivity index (χ1n) is 8.92. The van der Waals surface area contributed by atoms with Crippen molar-refractivity contribution in [2.24, 2.45) is 0 Å². The largest absolute Gasteiger partial charge is 0.496 e. The molecule has 0 heterocycles. The third kappa shape index (κ3) is 5.58. The minimum atomic E-state index is -1.42. The molecule has 0 aliphatic carbocycles. The average Bonchev–Trinajstić information content (AvgIpc) is 2.65. The Morgan fingerprint density at radius 3 is 2.46 bits per heavy atom. The summed E-state index contributed by atoms with van der Waals surface area (Å²) in [6.07, 6.45) is 1.53. The van der Waals surface area contributed by atoms with E-state index in [9.17, 15) is 15.0 Å². The number of hydrogen-bond acceptors (Lipinski definition) is 5. The van der Waals surface area contributed by atoms with E-state index in [2.05, 4.69) is 0 Å². The van der Waals surface area contributed by atoms with E-state index < -0.39 is 17.7 Å². The van der Waals surface area contributed by atoms with Crippen molar-refractivity contribution in [3.8, 4) is 11.5 Å². The van der Waals surface area contributed by atoms with Gasteiger partial charge in [-0.1, -0.05) is 30.3 Å². The zero-order chi connectivity index (χ0) is 20.7. The highest BCUT2D eigenvalue weighted by Gasteiger charge is 2.31. The molecule has 0 aromatic heterocycles. The van der Waals surface area contributed by atoms with Gasteiger partial charge in [-0.15, -0.1) is 0 Å². The molecule has 2 aromatic rings. The van der Waals surface area contributed by atoms with Crippen LogP contribution in [0.4, 0.5) is 0 Å².